The quantitative estimate of drug-likeness (QED) is 0.165. The fourth-order valence-corrected chi connectivity index (χ4v) is 13.1. The van der Waals surface area contributed by atoms with Crippen molar-refractivity contribution in [2.45, 2.75) is 24.7 Å². The van der Waals surface area contributed by atoms with Crippen LogP contribution in [0.3, 0.4) is 0 Å². The Morgan fingerprint density at radius 2 is 0.955 bits per heavy atom. The van der Waals surface area contributed by atoms with Crippen LogP contribution in [-0.4, -0.2) is 0 Å². The zero-order valence-electron chi connectivity index (χ0n) is 37.1. The summed E-state index contributed by atoms with van der Waals surface area (Å²) in [7, 11) is 0. The van der Waals surface area contributed by atoms with Gasteiger partial charge in [0.2, 0.25) is 0 Å². The summed E-state index contributed by atoms with van der Waals surface area (Å²) in [5.74, 6) is 0. The third-order valence-corrected chi connectivity index (χ3v) is 16.2. The highest BCUT2D eigenvalue weighted by Crippen LogP contribution is 2.57. The van der Waals surface area contributed by atoms with Crippen LogP contribution in [0, 0.1) is 0 Å². The van der Waals surface area contributed by atoms with E-state index in [4.69, 9.17) is 4.42 Å². The number of anilines is 3. The summed E-state index contributed by atoms with van der Waals surface area (Å²) >= 11 is 1.89. The lowest BCUT2D eigenvalue weighted by molar-refractivity contribution is 0.660. The van der Waals surface area contributed by atoms with Crippen LogP contribution < -0.4 is 4.90 Å². The summed E-state index contributed by atoms with van der Waals surface area (Å²) in [5.41, 5.74) is 20.1. The third kappa shape index (κ3) is 5.44. The summed E-state index contributed by atoms with van der Waals surface area (Å²) in [6.07, 6.45) is 0. The number of fused-ring (bicyclic) bond motifs is 12. The second kappa shape index (κ2) is 14.3. The molecule has 2 aliphatic carbocycles. The fraction of sp³-hybridized carbons (Fsp3) is 0.0625. The van der Waals surface area contributed by atoms with Crippen molar-refractivity contribution in [3.63, 3.8) is 0 Å². The molecule has 14 rings (SSSR count). The first-order chi connectivity index (χ1) is 33.0. The summed E-state index contributed by atoms with van der Waals surface area (Å²) in [4.78, 5) is 2.39. The zero-order chi connectivity index (χ0) is 44.4. The highest BCUT2D eigenvalue weighted by molar-refractivity contribution is 7.26. The topological polar surface area (TPSA) is 16.4 Å². The fourth-order valence-electron chi connectivity index (χ4n) is 11.9. The van der Waals surface area contributed by atoms with E-state index in [1.54, 1.807) is 0 Å². The molecular weight excluding hydrogens is 831 g/mol. The molecule has 2 nitrogen and oxygen atoms in total. The van der Waals surface area contributed by atoms with Gasteiger partial charge < -0.3 is 9.32 Å². The number of furan rings is 1. The molecule has 0 saturated heterocycles. The minimum Gasteiger partial charge on any atom is -0.456 e. The Kier molecular flexibility index (Phi) is 8.15. The van der Waals surface area contributed by atoms with Crippen LogP contribution in [0.2, 0.25) is 0 Å². The average molecular weight is 874 g/mol. The lowest BCUT2D eigenvalue weighted by Gasteiger charge is -2.34. The Morgan fingerprint density at radius 3 is 1.73 bits per heavy atom. The summed E-state index contributed by atoms with van der Waals surface area (Å²) in [6, 6.07) is 83.2. The summed E-state index contributed by atoms with van der Waals surface area (Å²) in [5, 5.41) is 4.83. The molecule has 0 atom stereocenters. The van der Waals surface area contributed by atoms with Crippen LogP contribution in [0.5, 0.6) is 0 Å². The molecule has 0 radical (unpaired) electrons. The van der Waals surface area contributed by atoms with Gasteiger partial charge in [0.1, 0.15) is 11.2 Å². The molecule has 0 fully saturated rings. The SMILES string of the molecule is CC1(C)c2ccccc2-c2ccc(N(c3ccc(-c4cccc5c4sc4ccc(C6(c7ccccc7)c7ccccc7-c7ccccc76)cc45)cc3)c3ccc4c(c3)oc3ccccc34)cc21. The van der Waals surface area contributed by atoms with Gasteiger partial charge in [-0.2, -0.15) is 0 Å². The molecule has 12 aromatic rings. The highest BCUT2D eigenvalue weighted by atomic mass is 32.1. The molecular formula is C64H43NOS. The van der Waals surface area contributed by atoms with E-state index in [0.29, 0.717) is 0 Å². The van der Waals surface area contributed by atoms with Gasteiger partial charge in [0.05, 0.1) is 5.41 Å². The molecule has 2 heterocycles. The maximum Gasteiger partial charge on any atom is 0.137 e. The van der Waals surface area contributed by atoms with Crippen LogP contribution in [0.4, 0.5) is 17.1 Å². The molecule has 0 saturated carbocycles. The predicted molar refractivity (Wildman–Crippen MR) is 282 cm³/mol. The predicted octanol–water partition coefficient (Wildman–Crippen LogP) is 17.8. The molecule has 0 amide bonds. The van der Waals surface area contributed by atoms with Crippen molar-refractivity contribution < 1.29 is 4.42 Å². The first-order valence-electron chi connectivity index (χ1n) is 23.2. The molecule has 10 aromatic carbocycles. The number of nitrogens with zero attached hydrogens (tertiary/aromatic N) is 1. The number of hydrogen-bond acceptors (Lipinski definition) is 3. The Balaban J connectivity index is 0.900. The van der Waals surface area contributed by atoms with Gasteiger partial charge in [-0.15, -0.1) is 11.3 Å². The van der Waals surface area contributed by atoms with Gasteiger partial charge in [-0.1, -0.05) is 178 Å². The lowest BCUT2D eigenvalue weighted by atomic mass is 9.67. The van der Waals surface area contributed by atoms with Crippen LogP contribution in [0.1, 0.15) is 47.2 Å². The van der Waals surface area contributed by atoms with E-state index in [1.807, 2.05) is 17.4 Å². The standard InChI is InChI=1S/C64H43NOS/c1-63(2)55-23-10-6-17-47(55)50-34-32-44(38-58(50)63)65(45-33-35-52-51-20-9-13-26-59(51)66-60(52)39-45)43-30-27-40(28-31-43)46-21-14-22-53-54-37-42(29-36-61(54)67-62(46)53)64(41-15-4-3-5-16-41)56-24-11-7-18-48(56)49-19-8-12-25-57(49)64/h3-39H,1-2H3. The minimum atomic E-state index is -0.441. The van der Waals surface area contributed by atoms with Gasteiger partial charge in [0.15, 0.2) is 0 Å². The van der Waals surface area contributed by atoms with Crippen LogP contribution in [0.15, 0.2) is 229 Å². The normalized spacial score (nSPS) is 14.1. The van der Waals surface area contributed by atoms with Gasteiger partial charge in [-0.25, -0.2) is 0 Å². The zero-order valence-corrected chi connectivity index (χ0v) is 37.9. The Labute approximate surface area is 393 Å². The summed E-state index contributed by atoms with van der Waals surface area (Å²) in [6.45, 7) is 4.70. The second-order valence-electron chi connectivity index (χ2n) is 18.8. The van der Waals surface area contributed by atoms with Gasteiger partial charge in [0.25, 0.3) is 0 Å². The minimum absolute atomic E-state index is 0.127. The van der Waals surface area contributed by atoms with E-state index in [2.05, 4.69) is 237 Å². The number of rotatable bonds is 6. The van der Waals surface area contributed by atoms with Crippen molar-refractivity contribution in [1.29, 1.82) is 0 Å². The van der Waals surface area contributed by atoms with Crippen molar-refractivity contribution in [2.75, 3.05) is 4.90 Å². The number of para-hydroxylation sites is 1. The maximum absolute atomic E-state index is 6.48. The van der Waals surface area contributed by atoms with Crippen molar-refractivity contribution in [2.24, 2.45) is 0 Å². The largest absolute Gasteiger partial charge is 0.456 e. The number of thiophene rings is 1. The van der Waals surface area contributed by atoms with Crippen molar-refractivity contribution in [3.05, 3.63) is 258 Å². The van der Waals surface area contributed by atoms with Gasteiger partial charge >= 0.3 is 0 Å². The van der Waals surface area contributed by atoms with Crippen LogP contribution in [-0.2, 0) is 10.8 Å². The maximum atomic E-state index is 6.48. The van der Waals surface area contributed by atoms with E-state index in [9.17, 15) is 0 Å². The molecule has 3 heteroatoms. The molecule has 0 N–H and O–H groups in total. The first kappa shape index (κ1) is 38.3. The smallest absolute Gasteiger partial charge is 0.137 e. The number of benzene rings is 10. The Hall–Kier alpha value is -7.98. The molecule has 0 unspecified atom stereocenters. The average Bonchev–Trinajstić information content (AvgIpc) is 4.10. The molecule has 316 valence electrons. The molecule has 67 heavy (non-hydrogen) atoms. The van der Waals surface area contributed by atoms with E-state index in [0.717, 1.165) is 39.0 Å². The molecule has 0 bridgehead atoms. The van der Waals surface area contributed by atoms with Gasteiger partial charge in [-0.3, -0.25) is 0 Å². The van der Waals surface area contributed by atoms with E-state index >= 15 is 0 Å². The van der Waals surface area contributed by atoms with Crippen LogP contribution >= 0.6 is 11.3 Å². The van der Waals surface area contributed by atoms with E-state index < -0.39 is 5.41 Å². The molecule has 2 aliphatic rings. The lowest BCUT2D eigenvalue weighted by Crippen LogP contribution is -2.28. The third-order valence-electron chi connectivity index (χ3n) is 15.0. The van der Waals surface area contributed by atoms with E-state index in [1.165, 1.54) is 86.9 Å². The van der Waals surface area contributed by atoms with Gasteiger partial charge in [0, 0.05) is 59.5 Å². The van der Waals surface area contributed by atoms with Crippen molar-refractivity contribution in [3.8, 4) is 33.4 Å². The monoisotopic (exact) mass is 873 g/mol. The molecule has 2 aromatic heterocycles. The van der Waals surface area contributed by atoms with E-state index in [-0.39, 0.29) is 5.41 Å². The van der Waals surface area contributed by atoms with Crippen LogP contribution in [0.25, 0.3) is 75.5 Å². The first-order valence-corrected chi connectivity index (χ1v) is 24.1. The Morgan fingerprint density at radius 1 is 0.373 bits per heavy atom. The molecule has 0 aliphatic heterocycles. The second-order valence-corrected chi connectivity index (χ2v) is 19.8. The summed E-state index contributed by atoms with van der Waals surface area (Å²) < 4.78 is 9.07. The van der Waals surface area contributed by atoms with Gasteiger partial charge in [-0.05, 0) is 121 Å². The number of hydrogen-bond donors (Lipinski definition) is 0. The molecule has 0 spiro atoms. The highest BCUT2D eigenvalue weighted by Gasteiger charge is 2.46. The van der Waals surface area contributed by atoms with Crippen molar-refractivity contribution >= 4 is 70.5 Å². The van der Waals surface area contributed by atoms with Crippen molar-refractivity contribution in [1.82, 2.24) is 0 Å². The Bertz CT molecular complexity index is 3920.